The van der Waals surface area contributed by atoms with Gasteiger partial charge in [0.25, 0.3) is 0 Å². The van der Waals surface area contributed by atoms with E-state index in [1.807, 2.05) is 0 Å². The van der Waals surface area contributed by atoms with Crippen LogP contribution in [0.5, 0.6) is 0 Å². The molecule has 0 amide bonds. The van der Waals surface area contributed by atoms with Gasteiger partial charge in [-0.05, 0) is 152 Å². The molecule has 0 aliphatic rings. The number of esters is 21. The largest absolute Gasteiger partial charge is 0.466 e. The minimum absolute atomic E-state index is 0.211. The van der Waals surface area contributed by atoms with Crippen molar-refractivity contribution >= 4 is 125 Å². The topological polar surface area (TPSA) is 573 Å². The standard InChI is InChI=1S/21C4H8O2.C2H6O/c21*1-3-6-4(2)5;1-2-3/h21*3H2,1-2H3;3H,2H2,1H3. The Hall–Kier alpha value is -11.2. The molecule has 0 radical (unpaired) electrons. The van der Waals surface area contributed by atoms with Crippen molar-refractivity contribution in [3.63, 3.8) is 0 Å². The van der Waals surface area contributed by atoms with E-state index < -0.39 is 0 Å². The van der Waals surface area contributed by atoms with Gasteiger partial charge in [0.2, 0.25) is 0 Å². The second-order valence-corrected chi connectivity index (χ2v) is 19.7. The van der Waals surface area contributed by atoms with E-state index in [9.17, 15) is 101 Å². The Labute approximate surface area is 770 Å². The molecule has 0 aromatic rings. The van der Waals surface area contributed by atoms with Gasteiger partial charge in [0.1, 0.15) is 0 Å². The second-order valence-electron chi connectivity index (χ2n) is 19.7. The van der Waals surface area contributed by atoms with Crippen LogP contribution in [0.15, 0.2) is 0 Å². The van der Waals surface area contributed by atoms with Crippen molar-refractivity contribution in [1.29, 1.82) is 0 Å². The fourth-order valence-corrected chi connectivity index (χ4v) is 4.27. The van der Waals surface area contributed by atoms with Crippen molar-refractivity contribution in [3.05, 3.63) is 0 Å². The van der Waals surface area contributed by atoms with Gasteiger partial charge in [0, 0.05) is 152 Å². The van der Waals surface area contributed by atoms with Crippen LogP contribution in [0, 0.1) is 0 Å². The number of carbonyl (C=O) groups is 21. The quantitative estimate of drug-likeness (QED) is 0.0823. The summed E-state index contributed by atoms with van der Waals surface area (Å²) >= 11 is 0. The highest BCUT2D eigenvalue weighted by molar-refractivity contribution is 5.71. The van der Waals surface area contributed by atoms with Crippen LogP contribution >= 0.6 is 0 Å². The smallest absolute Gasteiger partial charge is 0.302 e. The molecule has 0 heterocycles. The zero-order valence-corrected chi connectivity index (χ0v) is 86.6. The average Bonchev–Trinajstić information content (AvgIpc) is 3.80. The number of rotatable bonds is 21. The van der Waals surface area contributed by atoms with Crippen molar-refractivity contribution in [3.8, 4) is 0 Å². The molecule has 1 N–H and O–H groups in total. The van der Waals surface area contributed by atoms with Gasteiger partial charge >= 0.3 is 125 Å². The number of hydrogen-bond donors (Lipinski definition) is 1. The minimum atomic E-state index is -0.211. The van der Waals surface area contributed by atoms with Crippen LogP contribution in [0.25, 0.3) is 0 Å². The molecule has 0 bridgehead atoms. The highest BCUT2D eigenvalue weighted by Gasteiger charge is 1.92. The van der Waals surface area contributed by atoms with Crippen LogP contribution in [0.4, 0.5) is 0 Å². The van der Waals surface area contributed by atoms with Gasteiger partial charge in [0.05, 0.1) is 139 Å². The van der Waals surface area contributed by atoms with Crippen molar-refractivity contribution < 1.29 is 205 Å². The molecule has 0 aliphatic heterocycles. The monoisotopic (exact) mass is 1900 g/mol. The van der Waals surface area contributed by atoms with E-state index in [-0.39, 0.29) is 132 Å². The molecule has 0 aromatic carbocycles. The summed E-state index contributed by atoms with van der Waals surface area (Å²) in [4.78, 5) is 206. The van der Waals surface area contributed by atoms with Crippen LogP contribution in [-0.2, 0) is 200 Å². The van der Waals surface area contributed by atoms with Crippen LogP contribution in [0.3, 0.4) is 0 Å². The predicted molar refractivity (Wildman–Crippen MR) is 481 cm³/mol. The van der Waals surface area contributed by atoms with E-state index in [4.69, 9.17) is 5.11 Å². The Morgan fingerprint density at radius 2 is 0.132 bits per heavy atom. The Balaban J connectivity index is -0.0000000465. The van der Waals surface area contributed by atoms with Crippen molar-refractivity contribution in [2.24, 2.45) is 0 Å². The van der Waals surface area contributed by atoms with Gasteiger partial charge in [-0.1, -0.05) is 0 Å². The Bertz CT molecular complexity index is 1800. The van der Waals surface area contributed by atoms with E-state index in [2.05, 4.69) is 99.5 Å². The molecule has 43 nitrogen and oxygen atoms in total. The van der Waals surface area contributed by atoms with Crippen LogP contribution in [-0.4, -0.2) is 276 Å². The first-order valence-electron chi connectivity index (χ1n) is 41.0. The lowest BCUT2D eigenvalue weighted by atomic mass is 10.8. The SMILES string of the molecule is CCO.CCOC(C)=O.CCOC(C)=O.CCOC(C)=O.CCOC(C)=O.CCOC(C)=O.CCOC(C)=O.CCOC(C)=O.CCOC(C)=O.CCOC(C)=O.CCOC(C)=O.CCOC(C)=O.CCOC(C)=O.CCOC(C)=O.CCOC(C)=O.CCOC(C)=O.CCOC(C)=O.CCOC(C)=O.CCOC(C)=O.CCOC(C)=O.CCOC(C)=O.CCOC(C)=O. The predicted octanol–water partition coefficient (Wildman–Crippen LogP) is 12.0. The van der Waals surface area contributed by atoms with Crippen molar-refractivity contribution in [2.45, 2.75) is 298 Å². The molecular weight excluding hydrogens is 1720 g/mol. The molecule has 0 rings (SSSR count). The first-order valence-corrected chi connectivity index (χ1v) is 41.0. The number of hydrogen-bond acceptors (Lipinski definition) is 43. The number of aliphatic hydroxyl groups excluding tert-OH is 1. The first kappa shape index (κ1) is 175. The van der Waals surface area contributed by atoms with E-state index in [0.717, 1.165) is 0 Å². The Morgan fingerprint density at radius 1 is 0.109 bits per heavy atom. The van der Waals surface area contributed by atoms with E-state index in [1.165, 1.54) is 145 Å². The molecule has 0 aliphatic carbocycles. The maximum atomic E-state index is 9.82. The maximum absolute atomic E-state index is 9.82. The average molecular weight is 1900 g/mol. The molecule has 0 spiro atoms. The fourth-order valence-electron chi connectivity index (χ4n) is 4.27. The van der Waals surface area contributed by atoms with Gasteiger partial charge in [-0.2, -0.15) is 0 Å². The zero-order valence-electron chi connectivity index (χ0n) is 86.6. The number of aliphatic hydroxyl groups is 1. The highest BCUT2D eigenvalue weighted by Crippen LogP contribution is 1.80. The number of ether oxygens (including phenoxy) is 21. The van der Waals surface area contributed by atoms with E-state index in [0.29, 0.717) is 139 Å². The lowest BCUT2D eigenvalue weighted by molar-refractivity contribution is -0.141. The maximum Gasteiger partial charge on any atom is 0.302 e. The molecule has 0 saturated heterocycles. The van der Waals surface area contributed by atoms with Gasteiger partial charge in [-0.15, -0.1) is 0 Å². The third-order valence-corrected chi connectivity index (χ3v) is 7.30. The van der Waals surface area contributed by atoms with Crippen LogP contribution < -0.4 is 0 Å². The first-order chi connectivity index (χ1) is 59.6. The normalized spacial score (nSPS) is 7.63. The summed E-state index contributed by atoms with van der Waals surface area (Å²) in [6.07, 6.45) is 0. The summed E-state index contributed by atoms with van der Waals surface area (Å²) in [5.74, 6) is -4.42. The van der Waals surface area contributed by atoms with Crippen molar-refractivity contribution in [1.82, 2.24) is 0 Å². The Kier molecular flexibility index (Phi) is 237. The van der Waals surface area contributed by atoms with E-state index >= 15 is 0 Å². The van der Waals surface area contributed by atoms with Gasteiger partial charge < -0.3 is 105 Å². The molecular formula is C86H174O43. The summed E-state index contributed by atoms with van der Waals surface area (Å²) in [5.41, 5.74) is 0. The van der Waals surface area contributed by atoms with Gasteiger partial charge in [-0.25, -0.2) is 0 Å². The zero-order chi connectivity index (χ0) is 108. The summed E-state index contributed by atoms with van der Waals surface area (Å²) in [6, 6.07) is 0. The molecule has 776 valence electrons. The highest BCUT2D eigenvalue weighted by atomic mass is 16.6. The summed E-state index contributed by atoms with van der Waals surface area (Å²) < 4.78 is 92.5. The molecule has 0 fully saturated rings. The lowest BCUT2D eigenvalue weighted by Gasteiger charge is -1.89. The Morgan fingerprint density at radius 3 is 0.132 bits per heavy atom. The fraction of sp³-hybridized carbons (Fsp3) is 0.756. The molecule has 0 unspecified atom stereocenters. The van der Waals surface area contributed by atoms with Gasteiger partial charge in [-0.3, -0.25) is 101 Å². The molecule has 43 heteroatoms. The van der Waals surface area contributed by atoms with Crippen LogP contribution in [0.1, 0.15) is 298 Å². The third kappa shape index (κ3) is 573. The lowest BCUT2D eigenvalue weighted by Crippen LogP contribution is -1.95. The molecule has 129 heavy (non-hydrogen) atoms. The van der Waals surface area contributed by atoms with E-state index in [1.54, 1.807) is 152 Å². The second kappa shape index (κ2) is 174. The third-order valence-electron chi connectivity index (χ3n) is 7.30. The van der Waals surface area contributed by atoms with Crippen LogP contribution in [0.2, 0.25) is 0 Å². The number of carbonyl (C=O) groups excluding carboxylic acids is 21. The van der Waals surface area contributed by atoms with Gasteiger partial charge in [0.15, 0.2) is 0 Å². The molecule has 0 atom stereocenters. The van der Waals surface area contributed by atoms with Crippen molar-refractivity contribution in [2.75, 3.05) is 145 Å². The summed E-state index contributed by atoms with van der Waals surface area (Å²) in [5, 5.41) is 7.57. The summed E-state index contributed by atoms with van der Waals surface area (Å²) in [7, 11) is 0. The molecule has 0 aromatic heterocycles. The molecule has 0 saturated carbocycles. The minimum Gasteiger partial charge on any atom is -0.466 e. The summed E-state index contributed by atoms with van der Waals surface area (Å²) in [6.45, 7) is 78.6.